The van der Waals surface area contributed by atoms with Gasteiger partial charge >= 0.3 is 0 Å². The summed E-state index contributed by atoms with van der Waals surface area (Å²) in [5.74, 6) is 0.411. The molecule has 5 nitrogen and oxygen atoms in total. The zero-order valence-electron chi connectivity index (χ0n) is 18.5. The van der Waals surface area contributed by atoms with Crippen LogP contribution in [0.25, 0.3) is 37.9 Å². The normalized spacial score (nSPS) is 11.8. The van der Waals surface area contributed by atoms with E-state index in [9.17, 15) is 4.79 Å². The molecule has 0 fully saturated rings. The van der Waals surface area contributed by atoms with E-state index in [1.807, 2.05) is 68.4 Å². The third kappa shape index (κ3) is 4.13. The van der Waals surface area contributed by atoms with Gasteiger partial charge in [-0.25, -0.2) is 4.98 Å². The fraction of sp³-hybridized carbons (Fsp3) is 0.111. The summed E-state index contributed by atoms with van der Waals surface area (Å²) in [5.41, 5.74) is 6.45. The van der Waals surface area contributed by atoms with Crippen LogP contribution in [0.1, 0.15) is 18.1 Å². The minimum Gasteiger partial charge on any atom is -0.496 e. The van der Waals surface area contributed by atoms with Gasteiger partial charge < -0.3 is 9.15 Å². The number of benzene rings is 3. The molecule has 3 aromatic carbocycles. The van der Waals surface area contributed by atoms with Gasteiger partial charge in [0.25, 0.3) is 0 Å². The molecule has 0 saturated heterocycles. The number of carbonyl (C=O) groups excluding carboxylic acids is 1. The van der Waals surface area contributed by atoms with Crippen molar-refractivity contribution >= 4 is 49.1 Å². The van der Waals surface area contributed by atoms with Gasteiger partial charge in [0.15, 0.2) is 5.13 Å². The Hall–Kier alpha value is -3.90. The fourth-order valence-corrected chi connectivity index (χ4v) is 4.84. The Morgan fingerprint density at radius 1 is 1.12 bits per heavy atom. The van der Waals surface area contributed by atoms with Crippen molar-refractivity contribution in [3.8, 4) is 16.9 Å². The molecule has 1 amide bonds. The van der Waals surface area contributed by atoms with Gasteiger partial charge in [0, 0.05) is 28.7 Å². The standard InChI is InChI=1S/C27H22N2O3S/c1-16-9-10-22-25(11-16)33-27(28-22)29-26(30)12-17(2)19-13-20-21(18-7-5-4-6-8-18)15-32-24(20)14-23(19)31-3/h4-15H,1-3H3,(H,28,29,30)/b17-12+. The largest absolute Gasteiger partial charge is 0.496 e. The number of ether oxygens (including phenoxy) is 1. The van der Waals surface area contributed by atoms with Crippen molar-refractivity contribution in [3.63, 3.8) is 0 Å². The molecular weight excluding hydrogens is 432 g/mol. The molecule has 0 spiro atoms. The Morgan fingerprint density at radius 2 is 1.94 bits per heavy atom. The Kier molecular flexibility index (Phi) is 5.44. The molecule has 0 atom stereocenters. The smallest absolute Gasteiger partial charge is 0.250 e. The van der Waals surface area contributed by atoms with Gasteiger partial charge in [0.05, 0.1) is 23.6 Å². The number of aromatic nitrogens is 1. The number of aryl methyl sites for hydroxylation is 1. The van der Waals surface area contributed by atoms with Crippen molar-refractivity contribution in [1.29, 1.82) is 0 Å². The summed E-state index contributed by atoms with van der Waals surface area (Å²) < 4.78 is 12.4. The van der Waals surface area contributed by atoms with E-state index in [4.69, 9.17) is 9.15 Å². The first-order chi connectivity index (χ1) is 16.0. The second kappa shape index (κ2) is 8.56. The van der Waals surface area contributed by atoms with Crippen molar-refractivity contribution in [2.24, 2.45) is 0 Å². The van der Waals surface area contributed by atoms with Gasteiger partial charge in [-0.05, 0) is 48.7 Å². The summed E-state index contributed by atoms with van der Waals surface area (Å²) in [6.45, 7) is 3.93. The predicted octanol–water partition coefficient (Wildman–Crippen LogP) is 7.07. The maximum absolute atomic E-state index is 12.8. The van der Waals surface area contributed by atoms with Crippen LogP contribution in [0.2, 0.25) is 0 Å². The summed E-state index contributed by atoms with van der Waals surface area (Å²) in [6.07, 6.45) is 3.33. The van der Waals surface area contributed by atoms with Crippen LogP contribution in [0.4, 0.5) is 5.13 Å². The number of rotatable bonds is 5. The van der Waals surface area contributed by atoms with E-state index in [0.717, 1.165) is 49.0 Å². The van der Waals surface area contributed by atoms with E-state index in [1.54, 1.807) is 19.4 Å². The quantitative estimate of drug-likeness (QED) is 0.289. The van der Waals surface area contributed by atoms with E-state index >= 15 is 0 Å². The molecule has 6 heteroatoms. The summed E-state index contributed by atoms with van der Waals surface area (Å²) in [4.78, 5) is 17.3. The minimum absolute atomic E-state index is 0.235. The lowest BCUT2D eigenvalue weighted by molar-refractivity contribution is -0.111. The molecule has 33 heavy (non-hydrogen) atoms. The number of anilines is 1. The van der Waals surface area contributed by atoms with Crippen LogP contribution in [0.5, 0.6) is 5.75 Å². The second-order valence-corrected chi connectivity index (χ2v) is 8.90. The van der Waals surface area contributed by atoms with Crippen molar-refractivity contribution in [2.45, 2.75) is 13.8 Å². The third-order valence-corrected chi connectivity index (χ3v) is 6.46. The molecule has 5 aromatic rings. The van der Waals surface area contributed by atoms with Crippen LogP contribution in [0.15, 0.2) is 77.4 Å². The van der Waals surface area contributed by atoms with Gasteiger partial charge in [-0.2, -0.15) is 0 Å². The number of hydrogen-bond acceptors (Lipinski definition) is 5. The van der Waals surface area contributed by atoms with Crippen LogP contribution < -0.4 is 10.1 Å². The van der Waals surface area contributed by atoms with Crippen molar-refractivity contribution in [2.75, 3.05) is 12.4 Å². The first-order valence-electron chi connectivity index (χ1n) is 10.5. The predicted molar refractivity (Wildman–Crippen MR) is 135 cm³/mol. The molecule has 0 unspecified atom stereocenters. The number of nitrogens with one attached hydrogen (secondary N) is 1. The number of allylic oxidation sites excluding steroid dienone is 1. The highest BCUT2D eigenvalue weighted by Gasteiger charge is 2.15. The van der Waals surface area contributed by atoms with Gasteiger partial charge in [-0.3, -0.25) is 10.1 Å². The number of amides is 1. The third-order valence-electron chi connectivity index (χ3n) is 5.53. The monoisotopic (exact) mass is 454 g/mol. The van der Waals surface area contributed by atoms with E-state index in [-0.39, 0.29) is 5.91 Å². The van der Waals surface area contributed by atoms with E-state index in [2.05, 4.69) is 16.4 Å². The molecule has 0 aliphatic rings. The van der Waals surface area contributed by atoms with E-state index in [1.165, 1.54) is 11.3 Å². The van der Waals surface area contributed by atoms with Crippen LogP contribution in [0, 0.1) is 6.92 Å². The molecule has 1 N–H and O–H groups in total. The number of nitrogens with zero attached hydrogens (tertiary/aromatic N) is 1. The van der Waals surface area contributed by atoms with Crippen LogP contribution in [-0.2, 0) is 4.79 Å². The maximum Gasteiger partial charge on any atom is 0.250 e. The van der Waals surface area contributed by atoms with Crippen LogP contribution >= 0.6 is 11.3 Å². The highest BCUT2D eigenvalue weighted by Crippen LogP contribution is 2.37. The van der Waals surface area contributed by atoms with Crippen molar-refractivity contribution < 1.29 is 13.9 Å². The SMILES string of the molecule is COc1cc2occ(-c3ccccc3)c2cc1/C(C)=C/C(=O)Nc1nc2ccc(C)cc2s1. The molecule has 0 aliphatic heterocycles. The molecule has 164 valence electrons. The highest BCUT2D eigenvalue weighted by molar-refractivity contribution is 7.22. The van der Waals surface area contributed by atoms with Gasteiger partial charge in [-0.1, -0.05) is 47.7 Å². The Balaban J connectivity index is 1.48. The summed E-state index contributed by atoms with van der Waals surface area (Å²) >= 11 is 1.46. The van der Waals surface area contributed by atoms with Crippen LogP contribution in [-0.4, -0.2) is 18.0 Å². The average molecular weight is 455 g/mol. The van der Waals surface area contributed by atoms with Crippen molar-refractivity contribution in [1.82, 2.24) is 4.98 Å². The number of carbonyl (C=O) groups is 1. The summed E-state index contributed by atoms with van der Waals surface area (Å²) in [7, 11) is 1.61. The lowest BCUT2D eigenvalue weighted by Gasteiger charge is -2.10. The number of methoxy groups -OCH3 is 1. The molecule has 2 aromatic heterocycles. The van der Waals surface area contributed by atoms with Crippen LogP contribution in [0.3, 0.4) is 0 Å². The average Bonchev–Trinajstić information content (AvgIpc) is 3.41. The molecular formula is C27H22N2O3S. The Bertz CT molecular complexity index is 1510. The fourth-order valence-electron chi connectivity index (χ4n) is 3.87. The zero-order valence-corrected chi connectivity index (χ0v) is 19.3. The Morgan fingerprint density at radius 3 is 2.73 bits per heavy atom. The summed E-state index contributed by atoms with van der Waals surface area (Å²) in [5, 5.41) is 4.43. The molecule has 0 aliphatic carbocycles. The zero-order chi connectivity index (χ0) is 22.9. The summed E-state index contributed by atoms with van der Waals surface area (Å²) in [6, 6.07) is 20.0. The molecule has 0 saturated carbocycles. The topological polar surface area (TPSA) is 64.4 Å². The van der Waals surface area contributed by atoms with E-state index < -0.39 is 0 Å². The molecule has 0 radical (unpaired) electrons. The molecule has 0 bridgehead atoms. The maximum atomic E-state index is 12.8. The molecule has 2 heterocycles. The second-order valence-electron chi connectivity index (χ2n) is 7.87. The lowest BCUT2D eigenvalue weighted by atomic mass is 9.99. The Labute approximate surface area is 195 Å². The number of thiazole rings is 1. The van der Waals surface area contributed by atoms with Gasteiger partial charge in [0.1, 0.15) is 11.3 Å². The first kappa shape index (κ1) is 21.0. The number of fused-ring (bicyclic) bond motifs is 2. The van der Waals surface area contributed by atoms with Gasteiger partial charge in [-0.15, -0.1) is 0 Å². The minimum atomic E-state index is -0.235. The lowest BCUT2D eigenvalue weighted by Crippen LogP contribution is -2.08. The number of furan rings is 1. The molecule has 5 rings (SSSR count). The first-order valence-corrected chi connectivity index (χ1v) is 11.3. The van der Waals surface area contributed by atoms with E-state index in [0.29, 0.717) is 10.9 Å². The highest BCUT2D eigenvalue weighted by atomic mass is 32.1. The number of hydrogen-bond donors (Lipinski definition) is 1. The van der Waals surface area contributed by atoms with Crippen molar-refractivity contribution in [3.05, 3.63) is 84.1 Å². The van der Waals surface area contributed by atoms with Gasteiger partial charge in [0.2, 0.25) is 5.91 Å².